The smallest absolute Gasteiger partial charge is 0.226 e. The molecule has 1 aromatic carbocycles. The van der Waals surface area contributed by atoms with E-state index < -0.39 is 0 Å². The van der Waals surface area contributed by atoms with Gasteiger partial charge in [-0.25, -0.2) is 0 Å². The first-order valence-electron chi connectivity index (χ1n) is 8.80. The summed E-state index contributed by atoms with van der Waals surface area (Å²) in [5.74, 6) is 2.67. The van der Waals surface area contributed by atoms with Crippen LogP contribution in [0.2, 0.25) is 0 Å². The van der Waals surface area contributed by atoms with Gasteiger partial charge in [-0.2, -0.15) is 0 Å². The maximum Gasteiger partial charge on any atom is 0.226 e. The van der Waals surface area contributed by atoms with Gasteiger partial charge >= 0.3 is 0 Å². The Labute approximate surface area is 153 Å². The van der Waals surface area contributed by atoms with E-state index in [9.17, 15) is 4.79 Å². The van der Waals surface area contributed by atoms with Crippen LogP contribution < -0.4 is 14.8 Å². The van der Waals surface area contributed by atoms with Gasteiger partial charge in [-0.05, 0) is 32.4 Å². The summed E-state index contributed by atoms with van der Waals surface area (Å²) >= 11 is 0. The third kappa shape index (κ3) is 4.16. The molecule has 0 radical (unpaired) electrons. The molecule has 1 unspecified atom stereocenters. The summed E-state index contributed by atoms with van der Waals surface area (Å²) in [6.45, 7) is 3.44. The zero-order chi connectivity index (χ0) is 18.5. The quantitative estimate of drug-likeness (QED) is 0.818. The van der Waals surface area contributed by atoms with E-state index >= 15 is 0 Å². The number of hydrogen-bond donors (Lipinski definition) is 1. The number of rotatable bonds is 7. The lowest BCUT2D eigenvalue weighted by molar-refractivity contribution is -0.116. The third-order valence-electron chi connectivity index (χ3n) is 4.68. The molecule has 26 heavy (non-hydrogen) atoms. The number of ether oxygens (including phenoxy) is 2. The summed E-state index contributed by atoms with van der Waals surface area (Å²) < 4.78 is 15.8. The Balaban J connectivity index is 1.62. The second kappa shape index (κ2) is 8.23. The molecule has 1 atom stereocenters. The van der Waals surface area contributed by atoms with Crippen molar-refractivity contribution in [2.45, 2.75) is 32.2 Å². The van der Waals surface area contributed by atoms with E-state index in [1.165, 1.54) is 0 Å². The minimum atomic E-state index is -0.0642. The van der Waals surface area contributed by atoms with E-state index in [1.807, 2.05) is 12.1 Å². The summed E-state index contributed by atoms with van der Waals surface area (Å²) in [5.41, 5.74) is 1.14. The Kier molecular flexibility index (Phi) is 5.78. The Morgan fingerprint density at radius 1 is 1.35 bits per heavy atom. The number of methoxy groups -OCH3 is 2. The number of benzene rings is 1. The van der Waals surface area contributed by atoms with Gasteiger partial charge in [0.15, 0.2) is 5.82 Å². The molecular weight excluding hydrogens is 334 g/mol. The number of likely N-dealkylation sites (tertiary alicyclic amines) is 1. The van der Waals surface area contributed by atoms with Crippen LogP contribution in [0, 0.1) is 6.92 Å². The van der Waals surface area contributed by atoms with Crippen LogP contribution in [-0.2, 0) is 4.79 Å². The van der Waals surface area contributed by atoms with Crippen LogP contribution in [-0.4, -0.2) is 43.3 Å². The summed E-state index contributed by atoms with van der Waals surface area (Å²) in [6.07, 6.45) is 2.55. The molecule has 7 heteroatoms. The molecule has 1 saturated heterocycles. The van der Waals surface area contributed by atoms with E-state index in [0.29, 0.717) is 24.5 Å². The highest BCUT2D eigenvalue weighted by molar-refractivity contribution is 5.89. The first kappa shape index (κ1) is 18.3. The molecule has 7 nitrogen and oxygen atoms in total. The fraction of sp³-hybridized carbons (Fsp3) is 0.474. The third-order valence-corrected chi connectivity index (χ3v) is 4.68. The summed E-state index contributed by atoms with van der Waals surface area (Å²) in [5, 5.41) is 6.56. The molecule has 3 rings (SSSR count). The molecule has 2 heterocycles. The van der Waals surface area contributed by atoms with Crippen molar-refractivity contribution in [3.05, 3.63) is 35.6 Å². The predicted octanol–water partition coefficient (Wildman–Crippen LogP) is 3.17. The van der Waals surface area contributed by atoms with E-state index in [-0.39, 0.29) is 11.9 Å². The van der Waals surface area contributed by atoms with Crippen molar-refractivity contribution in [2.24, 2.45) is 0 Å². The number of amides is 1. The minimum absolute atomic E-state index is 0.0642. The standard InChI is InChI=1S/C19H25N3O4/c1-13-11-18(21-26-13)20-19(23)8-10-22-9-4-5-16(22)15-7-6-14(24-2)12-17(15)25-3/h6-7,11-12,16H,4-5,8-10H2,1-3H3,(H,20,21,23). The first-order valence-corrected chi connectivity index (χ1v) is 8.80. The fourth-order valence-corrected chi connectivity index (χ4v) is 3.42. The second-order valence-electron chi connectivity index (χ2n) is 6.42. The van der Waals surface area contributed by atoms with Crippen molar-refractivity contribution in [3.63, 3.8) is 0 Å². The van der Waals surface area contributed by atoms with E-state index in [1.54, 1.807) is 27.2 Å². The number of anilines is 1. The van der Waals surface area contributed by atoms with Crippen LogP contribution in [0.4, 0.5) is 5.82 Å². The van der Waals surface area contributed by atoms with Gasteiger partial charge in [0.1, 0.15) is 17.3 Å². The summed E-state index contributed by atoms with van der Waals surface area (Å²) in [4.78, 5) is 14.5. The van der Waals surface area contributed by atoms with Crippen LogP contribution >= 0.6 is 0 Å². The van der Waals surface area contributed by atoms with Gasteiger partial charge in [-0.1, -0.05) is 11.2 Å². The number of nitrogens with zero attached hydrogens (tertiary/aromatic N) is 2. The van der Waals surface area contributed by atoms with E-state index in [0.717, 1.165) is 36.4 Å². The number of carbonyl (C=O) groups is 1. The van der Waals surface area contributed by atoms with Gasteiger partial charge in [0.25, 0.3) is 0 Å². The van der Waals surface area contributed by atoms with Gasteiger partial charge in [0.2, 0.25) is 5.91 Å². The Bertz CT molecular complexity index is 759. The van der Waals surface area contributed by atoms with Gasteiger partial charge in [0.05, 0.1) is 14.2 Å². The molecule has 0 aliphatic carbocycles. The lowest BCUT2D eigenvalue weighted by atomic mass is 10.0. The Morgan fingerprint density at radius 3 is 2.88 bits per heavy atom. The largest absolute Gasteiger partial charge is 0.497 e. The molecule has 1 aliphatic heterocycles. The first-order chi connectivity index (χ1) is 12.6. The van der Waals surface area contributed by atoms with Crippen molar-refractivity contribution >= 4 is 11.7 Å². The molecule has 1 fully saturated rings. The van der Waals surface area contributed by atoms with Crippen molar-refractivity contribution in [1.29, 1.82) is 0 Å². The van der Waals surface area contributed by atoms with Gasteiger partial charge in [-0.15, -0.1) is 0 Å². The highest BCUT2D eigenvalue weighted by Crippen LogP contribution is 2.38. The van der Waals surface area contributed by atoms with Crippen molar-refractivity contribution in [1.82, 2.24) is 10.1 Å². The monoisotopic (exact) mass is 359 g/mol. The van der Waals surface area contributed by atoms with Crippen LogP contribution in [0.1, 0.15) is 36.6 Å². The van der Waals surface area contributed by atoms with Gasteiger partial charge in [0, 0.05) is 36.7 Å². The topological polar surface area (TPSA) is 76.8 Å². The zero-order valence-electron chi connectivity index (χ0n) is 15.4. The number of nitrogens with one attached hydrogen (secondary N) is 1. The predicted molar refractivity (Wildman–Crippen MR) is 97.6 cm³/mol. The lowest BCUT2D eigenvalue weighted by Gasteiger charge is -2.26. The molecule has 0 saturated carbocycles. The second-order valence-corrected chi connectivity index (χ2v) is 6.42. The Morgan fingerprint density at radius 2 is 2.19 bits per heavy atom. The molecule has 1 aromatic heterocycles. The highest BCUT2D eigenvalue weighted by Gasteiger charge is 2.28. The van der Waals surface area contributed by atoms with Gasteiger partial charge in [-0.3, -0.25) is 9.69 Å². The summed E-state index contributed by atoms with van der Waals surface area (Å²) in [7, 11) is 3.32. The molecular formula is C19H25N3O4. The van der Waals surface area contributed by atoms with Crippen LogP contribution in [0.3, 0.4) is 0 Å². The highest BCUT2D eigenvalue weighted by atomic mass is 16.5. The van der Waals surface area contributed by atoms with Crippen LogP contribution in [0.5, 0.6) is 11.5 Å². The number of hydrogen-bond acceptors (Lipinski definition) is 6. The van der Waals surface area contributed by atoms with Gasteiger partial charge < -0.3 is 19.3 Å². The fourth-order valence-electron chi connectivity index (χ4n) is 3.42. The molecule has 1 aliphatic rings. The molecule has 0 spiro atoms. The van der Waals surface area contributed by atoms with E-state index in [4.69, 9.17) is 14.0 Å². The molecule has 140 valence electrons. The summed E-state index contributed by atoms with van der Waals surface area (Å²) in [6, 6.07) is 7.87. The SMILES string of the molecule is COc1ccc(C2CCCN2CCC(=O)Nc2cc(C)on2)c(OC)c1. The number of aromatic nitrogens is 1. The molecule has 1 amide bonds. The molecule has 1 N–H and O–H groups in total. The lowest BCUT2D eigenvalue weighted by Crippen LogP contribution is -2.28. The van der Waals surface area contributed by atoms with Crippen molar-refractivity contribution in [3.8, 4) is 11.5 Å². The van der Waals surface area contributed by atoms with E-state index in [2.05, 4.69) is 21.4 Å². The average molecular weight is 359 g/mol. The van der Waals surface area contributed by atoms with Crippen LogP contribution in [0.25, 0.3) is 0 Å². The zero-order valence-corrected chi connectivity index (χ0v) is 15.4. The Hall–Kier alpha value is -2.54. The maximum absolute atomic E-state index is 12.2. The minimum Gasteiger partial charge on any atom is -0.497 e. The normalized spacial score (nSPS) is 17.3. The van der Waals surface area contributed by atoms with Crippen molar-refractivity contribution in [2.75, 3.05) is 32.6 Å². The number of aryl methyl sites for hydroxylation is 1. The van der Waals surface area contributed by atoms with Crippen molar-refractivity contribution < 1.29 is 18.8 Å². The molecule has 2 aromatic rings. The average Bonchev–Trinajstić information content (AvgIpc) is 3.28. The van der Waals surface area contributed by atoms with Crippen LogP contribution in [0.15, 0.2) is 28.8 Å². The molecule has 0 bridgehead atoms. The maximum atomic E-state index is 12.2. The number of carbonyl (C=O) groups excluding carboxylic acids is 1.